The molecule has 0 saturated carbocycles. The van der Waals surface area contributed by atoms with Crippen molar-refractivity contribution in [2.45, 2.75) is 32.0 Å². The minimum atomic E-state index is 0.223. The number of piperazine rings is 1. The first kappa shape index (κ1) is 13.5. The van der Waals surface area contributed by atoms with Crippen molar-refractivity contribution in [3.63, 3.8) is 0 Å². The molecule has 3 heteroatoms. The van der Waals surface area contributed by atoms with Gasteiger partial charge in [0.1, 0.15) is 0 Å². The Balaban J connectivity index is 2.10. The van der Waals surface area contributed by atoms with E-state index in [0.29, 0.717) is 6.04 Å². The Morgan fingerprint density at radius 2 is 1.94 bits per heavy atom. The Morgan fingerprint density at radius 3 is 2.56 bits per heavy atom. The van der Waals surface area contributed by atoms with Crippen molar-refractivity contribution in [2.24, 2.45) is 5.73 Å². The zero-order valence-corrected chi connectivity index (χ0v) is 11.8. The Morgan fingerprint density at radius 1 is 1.28 bits per heavy atom. The molecular formula is C15H25N3. The van der Waals surface area contributed by atoms with Gasteiger partial charge in [0.15, 0.2) is 0 Å². The van der Waals surface area contributed by atoms with E-state index in [1.165, 1.54) is 5.56 Å². The van der Waals surface area contributed by atoms with Gasteiger partial charge < -0.3 is 5.73 Å². The summed E-state index contributed by atoms with van der Waals surface area (Å²) in [5.74, 6) is 0. The maximum absolute atomic E-state index is 5.93. The first-order valence-corrected chi connectivity index (χ1v) is 6.72. The smallest absolute Gasteiger partial charge is 0.0350 e. The van der Waals surface area contributed by atoms with Crippen molar-refractivity contribution in [2.75, 3.05) is 26.7 Å². The van der Waals surface area contributed by atoms with Crippen LogP contribution < -0.4 is 5.73 Å². The van der Waals surface area contributed by atoms with Crippen molar-refractivity contribution < 1.29 is 0 Å². The molecule has 0 amide bonds. The molecule has 3 nitrogen and oxygen atoms in total. The van der Waals surface area contributed by atoms with Crippen molar-refractivity contribution in [3.05, 3.63) is 35.9 Å². The maximum Gasteiger partial charge on any atom is 0.0350 e. The molecule has 1 atom stereocenters. The van der Waals surface area contributed by atoms with Crippen LogP contribution in [0.15, 0.2) is 30.3 Å². The summed E-state index contributed by atoms with van der Waals surface area (Å²) in [6.45, 7) is 8.46. The molecule has 1 unspecified atom stereocenters. The van der Waals surface area contributed by atoms with Crippen LogP contribution in [0.3, 0.4) is 0 Å². The summed E-state index contributed by atoms with van der Waals surface area (Å²) in [5.41, 5.74) is 7.52. The highest BCUT2D eigenvalue weighted by atomic mass is 15.3. The fourth-order valence-corrected chi connectivity index (χ4v) is 2.65. The fourth-order valence-electron chi connectivity index (χ4n) is 2.65. The second-order valence-electron chi connectivity index (χ2n) is 5.97. The zero-order chi connectivity index (χ0) is 13.2. The van der Waals surface area contributed by atoms with Gasteiger partial charge >= 0.3 is 0 Å². The summed E-state index contributed by atoms with van der Waals surface area (Å²) in [4.78, 5) is 4.95. The van der Waals surface area contributed by atoms with Gasteiger partial charge in [0, 0.05) is 37.8 Å². The normalized spacial score (nSPS) is 25.2. The number of rotatable bonds is 3. The minimum Gasteiger partial charge on any atom is -0.329 e. The molecule has 0 radical (unpaired) electrons. The summed E-state index contributed by atoms with van der Waals surface area (Å²) in [6.07, 6.45) is 0. The molecule has 18 heavy (non-hydrogen) atoms. The van der Waals surface area contributed by atoms with E-state index < -0.39 is 0 Å². The largest absolute Gasteiger partial charge is 0.329 e. The van der Waals surface area contributed by atoms with Crippen LogP contribution in [0.5, 0.6) is 0 Å². The highest BCUT2D eigenvalue weighted by Gasteiger charge is 2.35. The Kier molecular flexibility index (Phi) is 4.05. The lowest BCUT2D eigenvalue weighted by Gasteiger charge is -2.49. The van der Waals surface area contributed by atoms with E-state index in [-0.39, 0.29) is 5.54 Å². The van der Waals surface area contributed by atoms with Crippen molar-refractivity contribution >= 4 is 0 Å². The number of nitrogens with zero attached hydrogens (tertiary/aromatic N) is 2. The SMILES string of the molecule is CN1CC(CN)N(Cc2ccccc2)CC1(C)C. The van der Waals surface area contributed by atoms with E-state index in [1.807, 2.05) is 0 Å². The third-order valence-corrected chi connectivity index (χ3v) is 4.12. The molecule has 0 bridgehead atoms. The van der Waals surface area contributed by atoms with E-state index >= 15 is 0 Å². The van der Waals surface area contributed by atoms with Gasteiger partial charge in [-0.2, -0.15) is 0 Å². The lowest BCUT2D eigenvalue weighted by Crippen LogP contribution is -2.63. The van der Waals surface area contributed by atoms with Crippen LogP contribution in [0, 0.1) is 0 Å². The fraction of sp³-hybridized carbons (Fsp3) is 0.600. The summed E-state index contributed by atoms with van der Waals surface area (Å²) < 4.78 is 0. The highest BCUT2D eigenvalue weighted by molar-refractivity contribution is 5.15. The molecule has 2 N–H and O–H groups in total. The van der Waals surface area contributed by atoms with E-state index in [0.717, 1.165) is 26.2 Å². The van der Waals surface area contributed by atoms with E-state index in [1.54, 1.807) is 0 Å². The molecule has 0 spiro atoms. The molecule has 1 aliphatic rings. The van der Waals surface area contributed by atoms with Gasteiger partial charge in [-0.25, -0.2) is 0 Å². The summed E-state index contributed by atoms with van der Waals surface area (Å²) in [5, 5.41) is 0. The van der Waals surface area contributed by atoms with Crippen LogP contribution in [-0.4, -0.2) is 48.1 Å². The molecule has 1 heterocycles. The van der Waals surface area contributed by atoms with Crippen LogP contribution >= 0.6 is 0 Å². The topological polar surface area (TPSA) is 32.5 Å². The number of nitrogens with two attached hydrogens (primary N) is 1. The minimum absolute atomic E-state index is 0.223. The van der Waals surface area contributed by atoms with Crippen molar-refractivity contribution in [1.29, 1.82) is 0 Å². The molecule has 0 aliphatic carbocycles. The Labute approximate surface area is 111 Å². The molecule has 100 valence electrons. The summed E-state index contributed by atoms with van der Waals surface area (Å²) in [7, 11) is 2.20. The van der Waals surface area contributed by atoms with Gasteiger partial charge in [0.05, 0.1) is 0 Å². The Bertz CT molecular complexity index is 375. The van der Waals surface area contributed by atoms with E-state index in [4.69, 9.17) is 5.73 Å². The molecule has 0 aromatic heterocycles. The molecule has 1 aliphatic heterocycles. The van der Waals surface area contributed by atoms with Crippen LogP contribution in [0.2, 0.25) is 0 Å². The van der Waals surface area contributed by atoms with Gasteiger partial charge in [0.25, 0.3) is 0 Å². The monoisotopic (exact) mass is 247 g/mol. The summed E-state index contributed by atoms with van der Waals surface area (Å²) in [6, 6.07) is 11.1. The first-order valence-electron chi connectivity index (χ1n) is 6.72. The third kappa shape index (κ3) is 2.91. The molecule has 1 fully saturated rings. The lowest BCUT2D eigenvalue weighted by molar-refractivity contribution is -0.00257. The molecule has 1 aromatic carbocycles. The van der Waals surface area contributed by atoms with Crippen LogP contribution in [0.25, 0.3) is 0 Å². The van der Waals surface area contributed by atoms with Crippen molar-refractivity contribution in [1.82, 2.24) is 9.80 Å². The lowest BCUT2D eigenvalue weighted by atomic mass is 9.95. The van der Waals surface area contributed by atoms with Crippen LogP contribution in [0.1, 0.15) is 19.4 Å². The number of benzene rings is 1. The Hall–Kier alpha value is -0.900. The number of likely N-dealkylation sites (N-methyl/N-ethyl adjacent to an activating group) is 1. The first-order chi connectivity index (χ1) is 8.53. The van der Waals surface area contributed by atoms with Gasteiger partial charge in [-0.15, -0.1) is 0 Å². The standard InChI is InChI=1S/C15H25N3/c1-15(2)12-18(14(9-16)11-17(15)3)10-13-7-5-4-6-8-13/h4-8,14H,9-12,16H2,1-3H3. The maximum atomic E-state index is 5.93. The summed E-state index contributed by atoms with van der Waals surface area (Å²) >= 11 is 0. The number of hydrogen-bond donors (Lipinski definition) is 1. The molecule has 2 rings (SSSR count). The van der Waals surface area contributed by atoms with Crippen molar-refractivity contribution in [3.8, 4) is 0 Å². The zero-order valence-electron chi connectivity index (χ0n) is 11.8. The molecule has 1 saturated heterocycles. The third-order valence-electron chi connectivity index (χ3n) is 4.12. The van der Waals surface area contributed by atoms with Crippen LogP contribution in [0.4, 0.5) is 0 Å². The average Bonchev–Trinajstić information content (AvgIpc) is 2.34. The van der Waals surface area contributed by atoms with Gasteiger partial charge in [0.2, 0.25) is 0 Å². The van der Waals surface area contributed by atoms with Crippen LogP contribution in [-0.2, 0) is 6.54 Å². The quantitative estimate of drug-likeness (QED) is 0.879. The van der Waals surface area contributed by atoms with E-state index in [9.17, 15) is 0 Å². The second-order valence-corrected chi connectivity index (χ2v) is 5.97. The van der Waals surface area contributed by atoms with Gasteiger partial charge in [-0.1, -0.05) is 30.3 Å². The molecule has 1 aromatic rings. The predicted molar refractivity (Wildman–Crippen MR) is 76.4 cm³/mol. The second kappa shape index (κ2) is 5.39. The predicted octanol–water partition coefficient (Wildman–Crippen LogP) is 1.54. The van der Waals surface area contributed by atoms with Gasteiger partial charge in [-0.05, 0) is 26.5 Å². The molecular weight excluding hydrogens is 222 g/mol. The van der Waals surface area contributed by atoms with E-state index in [2.05, 4.69) is 61.0 Å². The van der Waals surface area contributed by atoms with Gasteiger partial charge in [-0.3, -0.25) is 9.80 Å². The average molecular weight is 247 g/mol. The number of hydrogen-bond acceptors (Lipinski definition) is 3. The highest BCUT2D eigenvalue weighted by Crippen LogP contribution is 2.23.